The number of benzene rings is 1. The van der Waals surface area contributed by atoms with E-state index in [4.69, 9.17) is 12.2 Å². The third-order valence-corrected chi connectivity index (χ3v) is 4.95. The van der Waals surface area contributed by atoms with Crippen molar-refractivity contribution < 1.29 is 4.79 Å². The van der Waals surface area contributed by atoms with Gasteiger partial charge in [0, 0.05) is 32.5 Å². The molecule has 0 unspecified atom stereocenters. The minimum atomic E-state index is -0.240. The maximum Gasteiger partial charge on any atom is 0.283 e. The molecule has 1 aromatic carbocycles. The fourth-order valence-electron chi connectivity index (χ4n) is 1.80. The van der Waals surface area contributed by atoms with Crippen LogP contribution in [0.1, 0.15) is 20.9 Å². The average molecular weight is 334 g/mol. The number of anilines is 1. The number of nitrogens with zero attached hydrogens (tertiary/aromatic N) is 3. The van der Waals surface area contributed by atoms with Crippen molar-refractivity contribution in [1.82, 2.24) is 9.99 Å². The maximum absolute atomic E-state index is 12.1. The van der Waals surface area contributed by atoms with Crippen molar-refractivity contribution in [3.05, 3.63) is 44.4 Å². The summed E-state index contributed by atoms with van der Waals surface area (Å²) in [6.07, 6.45) is 1.62. The van der Waals surface area contributed by atoms with Gasteiger partial charge in [0.1, 0.15) is 4.88 Å². The molecule has 2 aromatic rings. The number of hydrogen-bond donors (Lipinski definition) is 1. The summed E-state index contributed by atoms with van der Waals surface area (Å²) in [4.78, 5) is 14.7. The molecule has 7 heteroatoms. The first-order valence-electron chi connectivity index (χ1n) is 6.67. The molecule has 0 aliphatic heterocycles. The fraction of sp³-hybridized carbons (Fsp3) is 0.267. The van der Waals surface area contributed by atoms with E-state index in [9.17, 15) is 4.79 Å². The summed E-state index contributed by atoms with van der Waals surface area (Å²) < 4.78 is 2.49. The quantitative estimate of drug-likeness (QED) is 0.531. The summed E-state index contributed by atoms with van der Waals surface area (Å²) in [5, 5.41) is 4.00. The van der Waals surface area contributed by atoms with Crippen LogP contribution in [0.5, 0.6) is 0 Å². The average Bonchev–Trinajstić information content (AvgIpc) is 2.75. The number of aromatic nitrogens is 1. The lowest BCUT2D eigenvalue weighted by Gasteiger charge is -2.11. The molecule has 0 aliphatic rings. The largest absolute Gasteiger partial charge is 0.378 e. The number of carbonyl (C=O) groups is 1. The minimum Gasteiger partial charge on any atom is -0.378 e. The Kier molecular flexibility index (Phi) is 5.10. The molecule has 0 saturated heterocycles. The van der Waals surface area contributed by atoms with Crippen molar-refractivity contribution in [3.8, 4) is 0 Å². The number of nitrogens with one attached hydrogen (secondary N) is 1. The van der Waals surface area contributed by atoms with Gasteiger partial charge in [-0.15, -0.1) is 0 Å². The van der Waals surface area contributed by atoms with Crippen molar-refractivity contribution in [1.29, 1.82) is 0 Å². The van der Waals surface area contributed by atoms with E-state index in [1.807, 2.05) is 61.8 Å². The molecular formula is C15H18N4OS2. The zero-order valence-corrected chi connectivity index (χ0v) is 14.6. The Bertz CT molecular complexity index is 757. The van der Waals surface area contributed by atoms with E-state index in [0.717, 1.165) is 16.9 Å². The van der Waals surface area contributed by atoms with Crippen molar-refractivity contribution in [2.45, 2.75) is 6.92 Å². The zero-order chi connectivity index (χ0) is 16.3. The monoisotopic (exact) mass is 334 g/mol. The Morgan fingerprint density at radius 1 is 1.36 bits per heavy atom. The van der Waals surface area contributed by atoms with E-state index in [-0.39, 0.29) is 5.91 Å². The minimum absolute atomic E-state index is 0.240. The van der Waals surface area contributed by atoms with Crippen LogP contribution >= 0.6 is 23.6 Å². The van der Waals surface area contributed by atoms with Crippen LogP contribution in [0.4, 0.5) is 5.69 Å². The summed E-state index contributed by atoms with van der Waals surface area (Å²) in [7, 11) is 5.82. The van der Waals surface area contributed by atoms with E-state index in [1.165, 1.54) is 11.3 Å². The third kappa shape index (κ3) is 3.61. The third-order valence-electron chi connectivity index (χ3n) is 3.29. The van der Waals surface area contributed by atoms with Gasteiger partial charge in [-0.05, 0) is 36.8 Å². The predicted octanol–water partition coefficient (Wildman–Crippen LogP) is 2.95. The van der Waals surface area contributed by atoms with Gasteiger partial charge in [-0.3, -0.25) is 4.79 Å². The van der Waals surface area contributed by atoms with Gasteiger partial charge in [0.05, 0.1) is 6.21 Å². The Labute approximate surface area is 138 Å². The molecule has 22 heavy (non-hydrogen) atoms. The van der Waals surface area contributed by atoms with Gasteiger partial charge in [0.25, 0.3) is 5.91 Å². The highest BCUT2D eigenvalue weighted by Gasteiger charge is 2.13. The molecule has 116 valence electrons. The van der Waals surface area contributed by atoms with Gasteiger partial charge in [-0.1, -0.05) is 23.5 Å². The summed E-state index contributed by atoms with van der Waals surface area (Å²) in [6, 6.07) is 7.89. The fourth-order valence-corrected chi connectivity index (χ4v) is 3.06. The van der Waals surface area contributed by atoms with Gasteiger partial charge in [0.15, 0.2) is 3.95 Å². The van der Waals surface area contributed by atoms with Gasteiger partial charge < -0.3 is 9.47 Å². The Hall–Kier alpha value is -1.99. The molecule has 1 aromatic heterocycles. The Morgan fingerprint density at radius 2 is 2.00 bits per heavy atom. The van der Waals surface area contributed by atoms with Crippen LogP contribution in [0.25, 0.3) is 0 Å². The highest BCUT2D eigenvalue weighted by Crippen LogP contribution is 2.17. The molecule has 2 rings (SSSR count). The second kappa shape index (κ2) is 6.85. The number of amides is 1. The lowest BCUT2D eigenvalue weighted by molar-refractivity contribution is 0.0958. The van der Waals surface area contributed by atoms with Crippen LogP contribution < -0.4 is 10.3 Å². The van der Waals surface area contributed by atoms with Crippen molar-refractivity contribution >= 4 is 41.4 Å². The SMILES string of the molecule is Cc1c(C(=O)NN=Cc2ccc(N(C)C)cc2)sc(=S)n1C. The van der Waals surface area contributed by atoms with Crippen molar-refractivity contribution in [2.24, 2.45) is 12.1 Å². The highest BCUT2D eigenvalue weighted by atomic mass is 32.1. The zero-order valence-electron chi connectivity index (χ0n) is 13.0. The standard InChI is InChI=1S/C15H18N4OS2/c1-10-13(22-15(21)19(10)4)14(20)17-16-9-11-5-7-12(8-6-11)18(2)3/h5-9H,1-4H3,(H,17,20). The molecular weight excluding hydrogens is 316 g/mol. The molecule has 5 nitrogen and oxygen atoms in total. The van der Waals surface area contributed by atoms with Crippen LogP contribution in [0, 0.1) is 10.9 Å². The number of hydrazone groups is 1. The first-order chi connectivity index (χ1) is 10.4. The predicted molar refractivity (Wildman–Crippen MR) is 94.7 cm³/mol. The van der Waals surface area contributed by atoms with E-state index in [1.54, 1.807) is 6.21 Å². The van der Waals surface area contributed by atoms with Gasteiger partial charge in [0.2, 0.25) is 0 Å². The summed E-state index contributed by atoms with van der Waals surface area (Å²) in [5.74, 6) is -0.240. The molecule has 1 amide bonds. The molecule has 0 atom stereocenters. The van der Waals surface area contributed by atoms with Gasteiger partial charge in [-0.25, -0.2) is 5.43 Å². The summed E-state index contributed by atoms with van der Waals surface area (Å²) in [6.45, 7) is 1.87. The van der Waals surface area contributed by atoms with Crippen LogP contribution in [0.2, 0.25) is 0 Å². The number of thiazole rings is 1. The Morgan fingerprint density at radius 3 is 2.50 bits per heavy atom. The van der Waals surface area contributed by atoms with Crippen LogP contribution in [-0.4, -0.2) is 30.8 Å². The second-order valence-electron chi connectivity index (χ2n) is 5.03. The van der Waals surface area contributed by atoms with E-state index < -0.39 is 0 Å². The van der Waals surface area contributed by atoms with Crippen LogP contribution in [0.3, 0.4) is 0 Å². The molecule has 0 spiro atoms. The second-order valence-corrected chi connectivity index (χ2v) is 6.67. The molecule has 0 bridgehead atoms. The smallest absolute Gasteiger partial charge is 0.283 e. The molecule has 0 saturated carbocycles. The lowest BCUT2D eigenvalue weighted by atomic mass is 10.2. The number of hydrogen-bond acceptors (Lipinski definition) is 5. The van der Waals surface area contributed by atoms with E-state index in [0.29, 0.717) is 8.83 Å². The van der Waals surface area contributed by atoms with Gasteiger partial charge >= 0.3 is 0 Å². The topological polar surface area (TPSA) is 49.6 Å². The molecule has 0 radical (unpaired) electrons. The normalized spacial score (nSPS) is 10.9. The first kappa shape index (κ1) is 16.4. The van der Waals surface area contributed by atoms with E-state index in [2.05, 4.69) is 10.5 Å². The van der Waals surface area contributed by atoms with Crippen LogP contribution in [-0.2, 0) is 7.05 Å². The highest BCUT2D eigenvalue weighted by molar-refractivity contribution is 7.73. The first-order valence-corrected chi connectivity index (χ1v) is 7.90. The summed E-state index contributed by atoms with van der Waals surface area (Å²) in [5.41, 5.74) is 5.41. The molecule has 1 N–H and O–H groups in total. The maximum atomic E-state index is 12.1. The van der Waals surface area contributed by atoms with E-state index >= 15 is 0 Å². The Balaban J connectivity index is 2.04. The van der Waals surface area contributed by atoms with Crippen molar-refractivity contribution in [3.63, 3.8) is 0 Å². The lowest BCUT2D eigenvalue weighted by Crippen LogP contribution is -2.17. The molecule has 1 heterocycles. The van der Waals surface area contributed by atoms with Gasteiger partial charge in [-0.2, -0.15) is 5.10 Å². The van der Waals surface area contributed by atoms with Crippen LogP contribution in [0.15, 0.2) is 29.4 Å². The molecule has 0 fully saturated rings. The molecule has 0 aliphatic carbocycles. The van der Waals surface area contributed by atoms with Crippen molar-refractivity contribution in [2.75, 3.05) is 19.0 Å². The number of carbonyl (C=O) groups excluding carboxylic acids is 1. The number of rotatable bonds is 4. The summed E-state index contributed by atoms with van der Waals surface area (Å²) >= 11 is 6.45.